The van der Waals surface area contributed by atoms with Gasteiger partial charge >= 0.3 is 0 Å². The van der Waals surface area contributed by atoms with E-state index in [0.717, 1.165) is 6.54 Å². The summed E-state index contributed by atoms with van der Waals surface area (Å²) in [5.41, 5.74) is 0. The van der Waals surface area contributed by atoms with Crippen LogP contribution in [0.5, 0.6) is 0 Å². The van der Waals surface area contributed by atoms with Crippen LogP contribution < -0.4 is 5.32 Å². The summed E-state index contributed by atoms with van der Waals surface area (Å²) in [7, 11) is 3.96. The van der Waals surface area contributed by atoms with Crippen molar-refractivity contribution in [2.75, 3.05) is 27.2 Å². The zero-order valence-corrected chi connectivity index (χ0v) is 9.00. The van der Waals surface area contributed by atoms with Gasteiger partial charge in [0, 0.05) is 13.1 Å². The Labute approximate surface area is 80.8 Å². The summed E-state index contributed by atoms with van der Waals surface area (Å²) in [6.07, 6.45) is 3.49. The molecule has 0 heterocycles. The lowest BCUT2D eigenvalue weighted by atomic mass is 10.2. The first-order chi connectivity index (χ1) is 6.02. The number of carbonyl (C=O) groups is 1. The lowest BCUT2D eigenvalue weighted by Crippen LogP contribution is -2.30. The lowest BCUT2D eigenvalue weighted by molar-refractivity contribution is -0.116. The topological polar surface area (TPSA) is 32.3 Å². The fraction of sp³-hybridized carbons (Fsp3) is 0.700. The second-order valence-corrected chi connectivity index (χ2v) is 3.70. The smallest absolute Gasteiger partial charge is 0.243 e. The quantitative estimate of drug-likeness (QED) is 0.643. The summed E-state index contributed by atoms with van der Waals surface area (Å²) in [6.45, 7) is 5.67. The van der Waals surface area contributed by atoms with Crippen LogP contribution in [-0.2, 0) is 4.79 Å². The Morgan fingerprint density at radius 3 is 2.54 bits per heavy atom. The number of amides is 1. The highest BCUT2D eigenvalue weighted by atomic mass is 16.1. The van der Waals surface area contributed by atoms with Gasteiger partial charge in [-0.2, -0.15) is 0 Å². The van der Waals surface area contributed by atoms with Gasteiger partial charge in [-0.05, 0) is 26.1 Å². The van der Waals surface area contributed by atoms with Crippen molar-refractivity contribution >= 4 is 5.91 Å². The van der Waals surface area contributed by atoms with Crippen LogP contribution in [0, 0.1) is 5.92 Å². The molecule has 0 atom stereocenters. The zero-order valence-electron chi connectivity index (χ0n) is 9.00. The third-order valence-corrected chi connectivity index (χ3v) is 1.49. The predicted molar refractivity (Wildman–Crippen MR) is 55.5 cm³/mol. The van der Waals surface area contributed by atoms with Gasteiger partial charge in [0.2, 0.25) is 5.91 Å². The number of likely N-dealkylation sites (N-methyl/N-ethyl adjacent to an activating group) is 1. The second kappa shape index (κ2) is 6.66. The third kappa shape index (κ3) is 9.08. The largest absolute Gasteiger partial charge is 0.351 e. The van der Waals surface area contributed by atoms with Crippen molar-refractivity contribution in [1.82, 2.24) is 10.2 Å². The maximum atomic E-state index is 11.1. The molecule has 0 aromatic rings. The molecule has 0 spiro atoms. The molecule has 13 heavy (non-hydrogen) atoms. The van der Waals surface area contributed by atoms with E-state index in [0.29, 0.717) is 12.5 Å². The number of carbonyl (C=O) groups excluding carboxylic acids is 1. The van der Waals surface area contributed by atoms with Gasteiger partial charge in [-0.15, -0.1) is 0 Å². The fourth-order valence-electron chi connectivity index (χ4n) is 0.741. The van der Waals surface area contributed by atoms with Crippen molar-refractivity contribution in [3.63, 3.8) is 0 Å². The van der Waals surface area contributed by atoms with E-state index < -0.39 is 0 Å². The molecule has 0 rings (SSSR count). The summed E-state index contributed by atoms with van der Waals surface area (Å²) in [6, 6.07) is 0. The summed E-state index contributed by atoms with van der Waals surface area (Å²) in [4.78, 5) is 13.1. The Bertz CT molecular complexity index is 174. The minimum absolute atomic E-state index is 0.00412. The molecular formula is C10H20N2O. The van der Waals surface area contributed by atoms with Crippen LogP contribution in [0.4, 0.5) is 0 Å². The molecule has 1 amide bonds. The van der Waals surface area contributed by atoms with E-state index in [4.69, 9.17) is 0 Å². The van der Waals surface area contributed by atoms with Crippen LogP contribution in [0.15, 0.2) is 12.2 Å². The van der Waals surface area contributed by atoms with Gasteiger partial charge in [-0.3, -0.25) is 4.79 Å². The van der Waals surface area contributed by atoms with Crippen LogP contribution >= 0.6 is 0 Å². The van der Waals surface area contributed by atoms with Crippen molar-refractivity contribution in [1.29, 1.82) is 0 Å². The zero-order chi connectivity index (χ0) is 10.3. The van der Waals surface area contributed by atoms with Gasteiger partial charge in [-0.1, -0.05) is 19.9 Å². The van der Waals surface area contributed by atoms with Crippen LogP contribution in [0.2, 0.25) is 0 Å². The molecule has 3 nitrogen and oxygen atoms in total. The molecule has 1 N–H and O–H groups in total. The summed E-state index contributed by atoms with van der Waals surface area (Å²) in [5, 5.41) is 2.80. The fourth-order valence-corrected chi connectivity index (χ4v) is 0.741. The highest BCUT2D eigenvalue weighted by molar-refractivity contribution is 5.87. The van der Waals surface area contributed by atoms with E-state index in [1.54, 1.807) is 6.08 Å². The first-order valence-corrected chi connectivity index (χ1v) is 4.63. The van der Waals surface area contributed by atoms with Gasteiger partial charge in [-0.25, -0.2) is 0 Å². The molecule has 76 valence electrons. The third-order valence-electron chi connectivity index (χ3n) is 1.49. The molecule has 0 saturated heterocycles. The Kier molecular flexibility index (Phi) is 6.24. The summed E-state index contributed by atoms with van der Waals surface area (Å²) < 4.78 is 0. The molecule has 0 aromatic carbocycles. The van der Waals surface area contributed by atoms with E-state index in [9.17, 15) is 4.79 Å². The van der Waals surface area contributed by atoms with Gasteiger partial charge in [0.15, 0.2) is 0 Å². The number of hydrogen-bond acceptors (Lipinski definition) is 2. The standard InChI is InChI=1S/C10H20N2O/c1-9(2)5-6-10(13)11-7-8-12(3)4/h5-6,9H,7-8H2,1-4H3,(H,11,13)/b6-5+. The maximum Gasteiger partial charge on any atom is 0.243 e. The van der Waals surface area contributed by atoms with E-state index in [2.05, 4.69) is 5.32 Å². The Hall–Kier alpha value is -0.830. The van der Waals surface area contributed by atoms with Crippen LogP contribution in [0.25, 0.3) is 0 Å². The van der Waals surface area contributed by atoms with Crippen molar-refractivity contribution in [2.24, 2.45) is 5.92 Å². The summed E-state index contributed by atoms with van der Waals surface area (Å²) >= 11 is 0. The van der Waals surface area contributed by atoms with Gasteiger partial charge < -0.3 is 10.2 Å². The Morgan fingerprint density at radius 2 is 2.08 bits per heavy atom. The molecule has 0 aliphatic carbocycles. The van der Waals surface area contributed by atoms with Gasteiger partial charge in [0.1, 0.15) is 0 Å². The maximum absolute atomic E-state index is 11.1. The minimum atomic E-state index is -0.00412. The molecule has 0 aromatic heterocycles. The molecule has 3 heteroatoms. The molecule has 0 fully saturated rings. The Morgan fingerprint density at radius 1 is 1.46 bits per heavy atom. The Balaban J connectivity index is 3.52. The molecule has 0 bridgehead atoms. The van der Waals surface area contributed by atoms with Crippen molar-refractivity contribution < 1.29 is 4.79 Å². The average Bonchev–Trinajstić information content (AvgIpc) is 2.00. The first kappa shape index (κ1) is 12.2. The number of rotatable bonds is 5. The normalized spacial score (nSPS) is 11.5. The number of allylic oxidation sites excluding steroid dienone is 1. The van der Waals surface area contributed by atoms with Crippen molar-refractivity contribution in [3.8, 4) is 0 Å². The van der Waals surface area contributed by atoms with E-state index in [-0.39, 0.29) is 5.91 Å². The predicted octanol–water partition coefficient (Wildman–Crippen LogP) is 0.876. The number of hydrogen-bond donors (Lipinski definition) is 1. The monoisotopic (exact) mass is 184 g/mol. The molecule has 0 radical (unpaired) electrons. The highest BCUT2D eigenvalue weighted by Crippen LogP contribution is 1.92. The van der Waals surface area contributed by atoms with E-state index in [1.807, 2.05) is 38.9 Å². The van der Waals surface area contributed by atoms with Crippen LogP contribution in [0.1, 0.15) is 13.8 Å². The highest BCUT2D eigenvalue weighted by Gasteiger charge is 1.95. The minimum Gasteiger partial charge on any atom is -0.351 e. The molecule has 0 aliphatic rings. The second-order valence-electron chi connectivity index (χ2n) is 3.70. The van der Waals surface area contributed by atoms with Crippen molar-refractivity contribution in [3.05, 3.63) is 12.2 Å². The van der Waals surface area contributed by atoms with E-state index in [1.165, 1.54) is 0 Å². The lowest BCUT2D eigenvalue weighted by Gasteiger charge is -2.08. The van der Waals surface area contributed by atoms with Crippen LogP contribution in [-0.4, -0.2) is 38.0 Å². The molecule has 0 aliphatic heterocycles. The number of nitrogens with one attached hydrogen (secondary N) is 1. The molecular weight excluding hydrogens is 164 g/mol. The van der Waals surface area contributed by atoms with E-state index >= 15 is 0 Å². The first-order valence-electron chi connectivity index (χ1n) is 4.63. The van der Waals surface area contributed by atoms with Crippen LogP contribution in [0.3, 0.4) is 0 Å². The van der Waals surface area contributed by atoms with Gasteiger partial charge in [0.25, 0.3) is 0 Å². The number of nitrogens with zero attached hydrogens (tertiary/aromatic N) is 1. The van der Waals surface area contributed by atoms with Crippen molar-refractivity contribution in [2.45, 2.75) is 13.8 Å². The molecule has 0 unspecified atom stereocenters. The summed E-state index contributed by atoms with van der Waals surface area (Å²) in [5.74, 6) is 0.426. The van der Waals surface area contributed by atoms with Gasteiger partial charge in [0.05, 0.1) is 0 Å². The molecule has 0 saturated carbocycles. The SMILES string of the molecule is CC(C)/C=C/C(=O)NCCN(C)C. The average molecular weight is 184 g/mol.